The zero-order valence-corrected chi connectivity index (χ0v) is 25.1. The van der Waals surface area contributed by atoms with Crippen molar-refractivity contribution >= 4 is 11.7 Å². The topological polar surface area (TPSA) is 83.9 Å². The van der Waals surface area contributed by atoms with Crippen molar-refractivity contribution in [2.45, 2.75) is 71.1 Å². The van der Waals surface area contributed by atoms with Crippen LogP contribution in [0.3, 0.4) is 0 Å². The number of fused-ring (bicyclic) bond motifs is 3. The van der Waals surface area contributed by atoms with Crippen LogP contribution in [0.15, 0.2) is 43.0 Å². The van der Waals surface area contributed by atoms with Gasteiger partial charge in [-0.15, -0.1) is 0 Å². The van der Waals surface area contributed by atoms with E-state index in [1.54, 1.807) is 11.1 Å². The number of pyridine rings is 1. The largest absolute Gasteiger partial charge is 0.490 e. The van der Waals surface area contributed by atoms with Crippen molar-refractivity contribution in [3.05, 3.63) is 65.6 Å². The summed E-state index contributed by atoms with van der Waals surface area (Å²) in [6, 6.07) is 6.52. The highest BCUT2D eigenvalue weighted by Gasteiger charge is 2.54. The van der Waals surface area contributed by atoms with Crippen molar-refractivity contribution < 1.29 is 18.7 Å². The molecule has 226 valence electrons. The third kappa shape index (κ3) is 5.09. The van der Waals surface area contributed by atoms with Crippen LogP contribution in [0.5, 0.6) is 17.2 Å². The van der Waals surface area contributed by atoms with Gasteiger partial charge in [-0.1, -0.05) is 0 Å². The monoisotopic (exact) mass is 586 g/mol. The van der Waals surface area contributed by atoms with Crippen LogP contribution < -0.4 is 14.4 Å². The smallest absolute Gasteiger partial charge is 0.257 e. The van der Waals surface area contributed by atoms with Crippen LogP contribution in [-0.4, -0.2) is 75.5 Å². The maximum Gasteiger partial charge on any atom is 0.257 e. The number of ether oxygens (including phenoxy) is 2. The van der Waals surface area contributed by atoms with Crippen LogP contribution in [-0.2, 0) is 6.42 Å². The highest BCUT2D eigenvalue weighted by atomic mass is 19.1. The maximum atomic E-state index is 14.3. The third-order valence-corrected chi connectivity index (χ3v) is 9.61. The number of nitrogens with zero attached hydrogens (tertiary/aromatic N) is 6. The van der Waals surface area contributed by atoms with Crippen molar-refractivity contribution in [1.82, 2.24) is 24.8 Å². The minimum absolute atomic E-state index is 0.0295. The Balaban J connectivity index is 1.02. The number of hydrogen-bond acceptors (Lipinski definition) is 8. The van der Waals surface area contributed by atoms with E-state index in [0.29, 0.717) is 24.2 Å². The van der Waals surface area contributed by atoms with Crippen molar-refractivity contribution in [2.24, 2.45) is 5.41 Å². The van der Waals surface area contributed by atoms with Crippen molar-refractivity contribution in [2.75, 3.05) is 37.6 Å². The Morgan fingerprint density at radius 1 is 1.14 bits per heavy atom. The Morgan fingerprint density at radius 2 is 1.98 bits per heavy atom. The maximum absolute atomic E-state index is 14.3. The van der Waals surface area contributed by atoms with Crippen molar-refractivity contribution in [1.29, 1.82) is 0 Å². The number of halogens is 1. The van der Waals surface area contributed by atoms with Gasteiger partial charge in [0, 0.05) is 61.9 Å². The van der Waals surface area contributed by atoms with Gasteiger partial charge in [0.1, 0.15) is 29.7 Å². The van der Waals surface area contributed by atoms with Gasteiger partial charge in [0.2, 0.25) is 0 Å². The van der Waals surface area contributed by atoms with Gasteiger partial charge in [-0.2, -0.15) is 0 Å². The van der Waals surface area contributed by atoms with E-state index in [4.69, 9.17) is 14.5 Å². The van der Waals surface area contributed by atoms with Crippen LogP contribution in [0.1, 0.15) is 74.1 Å². The van der Waals surface area contributed by atoms with E-state index in [9.17, 15) is 9.18 Å². The molecule has 7 rings (SSSR count). The fourth-order valence-corrected chi connectivity index (χ4v) is 7.56. The van der Waals surface area contributed by atoms with Crippen LogP contribution in [0.2, 0.25) is 0 Å². The van der Waals surface area contributed by atoms with E-state index < -0.39 is 5.82 Å². The summed E-state index contributed by atoms with van der Waals surface area (Å²) in [5, 5.41) is 0. The lowest BCUT2D eigenvalue weighted by Gasteiger charge is -2.59. The van der Waals surface area contributed by atoms with Crippen molar-refractivity contribution in [3.8, 4) is 17.2 Å². The highest BCUT2D eigenvalue weighted by Crippen LogP contribution is 2.53. The molecule has 1 aromatic carbocycles. The molecule has 4 aliphatic rings. The summed E-state index contributed by atoms with van der Waals surface area (Å²) in [4.78, 5) is 33.2. The van der Waals surface area contributed by atoms with Gasteiger partial charge in [-0.25, -0.2) is 14.4 Å². The van der Waals surface area contributed by atoms with Gasteiger partial charge in [-0.05, 0) is 77.3 Å². The number of rotatable bonds is 8. The summed E-state index contributed by atoms with van der Waals surface area (Å²) in [7, 11) is 0. The lowest BCUT2D eigenvalue weighted by Crippen LogP contribution is -2.65. The van der Waals surface area contributed by atoms with Crippen LogP contribution in [0.25, 0.3) is 0 Å². The number of carbonyl (C=O) groups excluding carboxylic acids is 1. The standard InChI is InChI=1S/C33H39FN6O3/c1-4-40(21(2)3)32(41)24-14-22(34)7-8-27(24)43-29-17-35-20-37-31(29)39-18-33(19-39)15-23(16-33)42-28-9-11-36-25-10-13-38-12-5-6-26(38)30(25)28/h7-9,11,14,17,20-21,23,26H,4-6,10,12-13,15-16,18-19H2,1-3H3. The van der Waals surface area contributed by atoms with Crippen LogP contribution in [0, 0.1) is 11.2 Å². The predicted octanol–water partition coefficient (Wildman–Crippen LogP) is 5.41. The zero-order valence-electron chi connectivity index (χ0n) is 25.1. The number of anilines is 1. The Labute approximate surface area is 252 Å². The van der Waals surface area contributed by atoms with Gasteiger partial charge in [0.05, 0.1) is 17.5 Å². The fourth-order valence-electron chi connectivity index (χ4n) is 7.56. The number of amides is 1. The normalized spacial score (nSPS) is 20.8. The fraction of sp³-hybridized carbons (Fsp3) is 0.515. The molecule has 2 saturated heterocycles. The third-order valence-electron chi connectivity index (χ3n) is 9.61. The Bertz CT molecular complexity index is 1520. The second-order valence-corrected chi connectivity index (χ2v) is 12.8. The number of carbonyl (C=O) groups is 1. The van der Waals surface area contributed by atoms with Crippen LogP contribution >= 0.6 is 0 Å². The van der Waals surface area contributed by atoms with E-state index in [2.05, 4.69) is 25.8 Å². The molecule has 5 heterocycles. The van der Waals surface area contributed by atoms with Crippen LogP contribution in [0.4, 0.5) is 10.2 Å². The molecule has 1 amide bonds. The van der Waals surface area contributed by atoms with E-state index in [-0.39, 0.29) is 34.8 Å². The Morgan fingerprint density at radius 3 is 2.77 bits per heavy atom. The summed E-state index contributed by atoms with van der Waals surface area (Å²) < 4.78 is 27.1. The van der Waals surface area contributed by atoms with Gasteiger partial charge >= 0.3 is 0 Å². The van der Waals surface area contributed by atoms with Gasteiger partial charge < -0.3 is 19.3 Å². The molecule has 0 N–H and O–H groups in total. The molecular formula is C33H39FN6O3. The molecule has 2 aromatic heterocycles. The summed E-state index contributed by atoms with van der Waals surface area (Å²) in [5.41, 5.74) is 2.90. The lowest BCUT2D eigenvalue weighted by molar-refractivity contribution is -0.0355. The molecule has 0 radical (unpaired) electrons. The molecule has 43 heavy (non-hydrogen) atoms. The summed E-state index contributed by atoms with van der Waals surface area (Å²) in [6.07, 6.45) is 10.6. The summed E-state index contributed by atoms with van der Waals surface area (Å²) in [5.74, 6) is 1.67. The number of benzene rings is 1. The first-order valence-electron chi connectivity index (χ1n) is 15.6. The first kappa shape index (κ1) is 28.0. The molecule has 1 saturated carbocycles. The molecule has 10 heteroatoms. The van der Waals surface area contributed by atoms with E-state index in [0.717, 1.165) is 44.6 Å². The van der Waals surface area contributed by atoms with Gasteiger partial charge in [0.25, 0.3) is 5.91 Å². The lowest BCUT2D eigenvalue weighted by atomic mass is 9.61. The molecule has 1 spiro atoms. The number of aromatic nitrogens is 3. The molecule has 0 bridgehead atoms. The highest BCUT2D eigenvalue weighted by molar-refractivity contribution is 5.97. The second kappa shape index (κ2) is 11.0. The van der Waals surface area contributed by atoms with Crippen molar-refractivity contribution in [3.63, 3.8) is 0 Å². The molecule has 1 unspecified atom stereocenters. The first-order valence-corrected chi connectivity index (χ1v) is 15.6. The molecule has 1 aliphatic carbocycles. The summed E-state index contributed by atoms with van der Waals surface area (Å²) >= 11 is 0. The minimum Gasteiger partial charge on any atom is -0.490 e. The second-order valence-electron chi connectivity index (χ2n) is 12.8. The van der Waals surface area contributed by atoms with E-state index in [1.165, 1.54) is 55.2 Å². The number of hydrogen-bond donors (Lipinski definition) is 0. The SMILES string of the molecule is CCN(C(=O)c1cc(F)ccc1Oc1cncnc1N1CC2(CC(Oc3ccnc4c3C3CCCN3CC4)C2)C1)C(C)C. The van der Waals surface area contributed by atoms with Gasteiger partial charge in [-0.3, -0.25) is 14.7 Å². The average Bonchev–Trinajstić information content (AvgIpc) is 3.44. The molecular weight excluding hydrogens is 547 g/mol. The molecule has 1 atom stereocenters. The molecule has 3 fully saturated rings. The summed E-state index contributed by atoms with van der Waals surface area (Å²) in [6.45, 7) is 10.2. The van der Waals surface area contributed by atoms with E-state index >= 15 is 0 Å². The molecule has 3 aromatic rings. The Hall–Kier alpha value is -3.79. The molecule has 9 nitrogen and oxygen atoms in total. The molecule has 3 aliphatic heterocycles. The Kier molecular flexibility index (Phi) is 7.19. The van der Waals surface area contributed by atoms with E-state index in [1.807, 2.05) is 27.0 Å². The quantitative estimate of drug-likeness (QED) is 0.346. The zero-order chi connectivity index (χ0) is 29.7. The first-order chi connectivity index (χ1) is 20.8. The average molecular weight is 587 g/mol. The predicted molar refractivity (Wildman–Crippen MR) is 160 cm³/mol. The minimum atomic E-state index is -0.487. The van der Waals surface area contributed by atoms with Gasteiger partial charge in [0.15, 0.2) is 11.6 Å².